The van der Waals surface area contributed by atoms with Gasteiger partial charge in [0.05, 0.1) is 18.9 Å². The van der Waals surface area contributed by atoms with Crippen LogP contribution in [0, 0.1) is 0 Å². The number of halogens is 1. The van der Waals surface area contributed by atoms with Crippen LogP contribution >= 0.6 is 19.2 Å². The lowest BCUT2D eigenvalue weighted by atomic mass is 10.1. The Morgan fingerprint density at radius 1 is 1.31 bits per heavy atom. The molecule has 4 rings (SSSR count). The molecule has 0 radical (unpaired) electrons. The van der Waals surface area contributed by atoms with Crippen LogP contribution in [0.3, 0.4) is 0 Å². The zero-order valence-corrected chi connectivity index (χ0v) is 20.9. The summed E-state index contributed by atoms with van der Waals surface area (Å²) in [6, 6.07) is 3.56. The van der Waals surface area contributed by atoms with Gasteiger partial charge >= 0.3 is 13.6 Å². The summed E-state index contributed by atoms with van der Waals surface area (Å²) >= 11 is 6.14. The smallest absolute Gasteiger partial charge is 0.371 e. The fourth-order valence-electron chi connectivity index (χ4n) is 4.58. The number of nitrogens with one attached hydrogen (secondary N) is 1. The molecule has 1 saturated heterocycles. The van der Waals surface area contributed by atoms with E-state index >= 15 is 0 Å². The highest BCUT2D eigenvalue weighted by Gasteiger charge is 2.57. The van der Waals surface area contributed by atoms with Crippen molar-refractivity contribution in [1.82, 2.24) is 14.6 Å². The second-order valence-corrected chi connectivity index (χ2v) is 11.0. The van der Waals surface area contributed by atoms with Crippen molar-refractivity contribution in [2.24, 2.45) is 0 Å². The van der Waals surface area contributed by atoms with Crippen LogP contribution in [0.25, 0.3) is 5.52 Å². The summed E-state index contributed by atoms with van der Waals surface area (Å²) in [5.74, 6) is -1.44. The Balaban J connectivity index is 1.57. The van der Waals surface area contributed by atoms with Gasteiger partial charge in [-0.05, 0) is 36.6 Å². The zero-order chi connectivity index (χ0) is 26.3. The van der Waals surface area contributed by atoms with Crippen molar-refractivity contribution >= 4 is 36.5 Å². The van der Waals surface area contributed by atoms with E-state index in [1.54, 1.807) is 12.1 Å². The summed E-state index contributed by atoms with van der Waals surface area (Å²) in [6.45, 7) is -1.72. The number of nitrogens with zero attached hydrogens (tertiary/aromatic N) is 3. The third kappa shape index (κ3) is 4.97. The van der Waals surface area contributed by atoms with Crippen LogP contribution in [0.4, 0.5) is 5.82 Å². The second kappa shape index (κ2) is 10.5. The van der Waals surface area contributed by atoms with Crippen LogP contribution in [0.5, 0.6) is 0 Å². The number of methoxy groups -OCH3 is 1. The number of carboxylic acid groups (broad SMARTS) is 1. The minimum Gasteiger partial charge on any atom is -0.479 e. The molecule has 2 aliphatic rings. The number of aromatic nitrogens is 3. The molecule has 16 heteroatoms. The first-order valence-electron chi connectivity index (χ1n) is 11.2. The number of carbonyl (C=O) groups is 1. The van der Waals surface area contributed by atoms with Crippen molar-refractivity contribution in [3.05, 3.63) is 23.1 Å². The SMILES string of the molecule is COCC(OCC1O[C@@H](c2ccc3c(NC4CCCC4)nc(Cl)nn23)[C@H](O)[C@@H]1O)(C(=O)O)P(=O)(O)O. The molecule has 1 aliphatic heterocycles. The normalized spacial score (nSPS) is 26.9. The van der Waals surface area contributed by atoms with Gasteiger partial charge < -0.3 is 44.6 Å². The fraction of sp³-hybridized carbons (Fsp3) is 0.650. The molecule has 6 N–H and O–H groups in total. The number of ether oxygens (including phenoxy) is 3. The average molecular weight is 551 g/mol. The Hall–Kier alpha value is -1.87. The molecule has 1 saturated carbocycles. The number of anilines is 1. The zero-order valence-electron chi connectivity index (χ0n) is 19.2. The van der Waals surface area contributed by atoms with Gasteiger partial charge in [0.1, 0.15) is 29.9 Å². The lowest BCUT2D eigenvalue weighted by Gasteiger charge is -2.30. The topological polar surface area (TPSA) is 205 Å². The van der Waals surface area contributed by atoms with Crippen molar-refractivity contribution < 1.29 is 48.7 Å². The largest absolute Gasteiger partial charge is 0.479 e. The highest BCUT2D eigenvalue weighted by atomic mass is 35.5. The Kier molecular flexibility index (Phi) is 7.91. The number of aliphatic hydroxyl groups excluding tert-OH is 2. The third-order valence-electron chi connectivity index (χ3n) is 6.49. The van der Waals surface area contributed by atoms with Crippen LogP contribution in [0.2, 0.25) is 5.28 Å². The molecule has 1 aliphatic carbocycles. The van der Waals surface area contributed by atoms with Crippen LogP contribution in [-0.4, -0.2) is 95.7 Å². The predicted molar refractivity (Wildman–Crippen MR) is 124 cm³/mol. The summed E-state index contributed by atoms with van der Waals surface area (Å²) in [7, 11) is -4.33. The first-order valence-corrected chi connectivity index (χ1v) is 13.2. The maximum Gasteiger partial charge on any atom is 0.371 e. The van der Waals surface area contributed by atoms with Crippen molar-refractivity contribution in [2.45, 2.75) is 61.5 Å². The Labute approximate surface area is 210 Å². The first kappa shape index (κ1) is 27.2. The second-order valence-electron chi connectivity index (χ2n) is 8.86. The van der Waals surface area contributed by atoms with Crippen LogP contribution < -0.4 is 5.32 Å². The predicted octanol–water partition coefficient (Wildman–Crippen LogP) is 0.520. The standard InChI is InChI=1S/C20H28ClN4O10P/c1-33-9-20(18(28)29,36(30,31)32)34-8-13-14(26)15(27)16(35-13)11-6-7-12-17(22-10-4-2-3-5-10)23-19(21)24-25(11)12/h6-7,10,13-16,26-27H,2-5,8-9H2,1H3,(H,28,29)(H,22,23,24)(H2,30,31,32)/t13?,14-,15-,16+,20?/m1/s1. The van der Waals surface area contributed by atoms with Gasteiger partial charge in [-0.2, -0.15) is 4.98 Å². The van der Waals surface area contributed by atoms with Gasteiger partial charge in [-0.15, -0.1) is 5.10 Å². The van der Waals surface area contributed by atoms with Gasteiger partial charge in [-0.3, -0.25) is 4.57 Å². The van der Waals surface area contributed by atoms with E-state index in [0.717, 1.165) is 32.8 Å². The monoisotopic (exact) mass is 550 g/mol. The van der Waals surface area contributed by atoms with Crippen LogP contribution in [-0.2, 0) is 23.6 Å². The molecule has 0 amide bonds. The minimum absolute atomic E-state index is 0.0548. The molecule has 14 nitrogen and oxygen atoms in total. The van der Waals surface area contributed by atoms with Crippen LogP contribution in [0.1, 0.15) is 37.5 Å². The van der Waals surface area contributed by atoms with E-state index in [-0.39, 0.29) is 11.3 Å². The number of aliphatic carboxylic acids is 1. The Morgan fingerprint density at radius 3 is 2.61 bits per heavy atom. The van der Waals surface area contributed by atoms with Crippen molar-refractivity contribution in [3.63, 3.8) is 0 Å². The van der Waals surface area contributed by atoms with Gasteiger partial charge in [-0.1, -0.05) is 12.8 Å². The number of aliphatic hydroxyl groups is 2. The average Bonchev–Trinajstić information content (AvgIpc) is 3.52. The Morgan fingerprint density at radius 2 is 2.00 bits per heavy atom. The minimum atomic E-state index is -5.38. The van der Waals surface area contributed by atoms with Crippen molar-refractivity contribution in [3.8, 4) is 0 Å². The van der Waals surface area contributed by atoms with Gasteiger partial charge in [0.25, 0.3) is 5.34 Å². The summed E-state index contributed by atoms with van der Waals surface area (Å²) in [4.78, 5) is 35.2. The summed E-state index contributed by atoms with van der Waals surface area (Å²) in [5.41, 5.74) is 0.895. The third-order valence-corrected chi connectivity index (χ3v) is 8.05. The first-order chi connectivity index (χ1) is 17.0. The molecule has 0 bridgehead atoms. The molecule has 36 heavy (non-hydrogen) atoms. The molecule has 200 valence electrons. The maximum absolute atomic E-state index is 11.9. The van der Waals surface area contributed by atoms with E-state index in [1.165, 1.54) is 4.52 Å². The molecule has 2 fully saturated rings. The van der Waals surface area contributed by atoms with E-state index in [2.05, 4.69) is 20.1 Å². The van der Waals surface area contributed by atoms with Crippen molar-refractivity contribution in [1.29, 1.82) is 0 Å². The number of carboxylic acids is 1. The number of fused-ring (bicyclic) bond motifs is 1. The summed E-state index contributed by atoms with van der Waals surface area (Å²) in [5, 5.41) is 35.2. The molecular weight excluding hydrogens is 523 g/mol. The van der Waals surface area contributed by atoms with E-state index in [9.17, 15) is 34.5 Å². The fourth-order valence-corrected chi connectivity index (χ4v) is 5.53. The molecule has 3 heterocycles. The molecule has 0 spiro atoms. The number of hydrogen-bond acceptors (Lipinski definition) is 10. The maximum atomic E-state index is 11.9. The molecule has 2 aromatic heterocycles. The van der Waals surface area contributed by atoms with Crippen LogP contribution in [0.15, 0.2) is 12.1 Å². The number of rotatable bonds is 10. The quantitative estimate of drug-likeness (QED) is 0.223. The summed E-state index contributed by atoms with van der Waals surface area (Å²) in [6.07, 6.45) is -1.32. The molecule has 2 unspecified atom stereocenters. The van der Waals surface area contributed by atoms with E-state index < -0.39 is 56.5 Å². The molecular formula is C20H28ClN4O10P. The lowest BCUT2D eigenvalue weighted by Crippen LogP contribution is -2.48. The molecule has 2 aromatic rings. The van der Waals surface area contributed by atoms with Crippen molar-refractivity contribution in [2.75, 3.05) is 25.6 Å². The van der Waals surface area contributed by atoms with Gasteiger partial charge in [0.2, 0.25) is 5.28 Å². The van der Waals surface area contributed by atoms with E-state index in [4.69, 9.17) is 21.1 Å². The molecule has 0 aromatic carbocycles. The van der Waals surface area contributed by atoms with Gasteiger partial charge in [0.15, 0.2) is 5.82 Å². The lowest BCUT2D eigenvalue weighted by molar-refractivity contribution is -0.168. The summed E-state index contributed by atoms with van der Waals surface area (Å²) < 4.78 is 28.9. The highest BCUT2D eigenvalue weighted by molar-refractivity contribution is 7.54. The highest BCUT2D eigenvalue weighted by Crippen LogP contribution is 2.52. The van der Waals surface area contributed by atoms with Gasteiger partial charge in [0, 0.05) is 13.2 Å². The van der Waals surface area contributed by atoms with E-state index in [1.807, 2.05) is 0 Å². The Bertz CT molecular complexity index is 1150. The molecule has 5 atom stereocenters. The number of hydrogen-bond donors (Lipinski definition) is 6. The van der Waals surface area contributed by atoms with E-state index in [0.29, 0.717) is 17.0 Å². The van der Waals surface area contributed by atoms with Gasteiger partial charge in [-0.25, -0.2) is 9.31 Å².